The quantitative estimate of drug-likeness (QED) is 0.844. The lowest BCUT2D eigenvalue weighted by Crippen LogP contribution is -2.47. The summed E-state index contributed by atoms with van der Waals surface area (Å²) in [5.41, 5.74) is -0.684. The summed E-state index contributed by atoms with van der Waals surface area (Å²) in [6.07, 6.45) is 3.14. The molecule has 0 atom stereocenters. The van der Waals surface area contributed by atoms with Crippen LogP contribution in [0.5, 0.6) is 0 Å². The van der Waals surface area contributed by atoms with Crippen LogP contribution in [0.4, 0.5) is 14.9 Å². The van der Waals surface area contributed by atoms with Crippen LogP contribution in [0.2, 0.25) is 0 Å². The summed E-state index contributed by atoms with van der Waals surface area (Å²) >= 11 is 0. The zero-order valence-corrected chi connectivity index (χ0v) is 9.87. The second kappa shape index (κ2) is 5.05. The Hall–Kier alpha value is -2.09. The lowest BCUT2D eigenvalue weighted by Gasteiger charge is -2.22. The highest BCUT2D eigenvalue weighted by Gasteiger charge is 2.35. The smallest absolute Gasteiger partial charge is 0.319 e. The molecule has 4 nitrogen and oxygen atoms in total. The number of anilines is 1. The molecule has 0 unspecified atom stereocenters. The molecule has 1 aliphatic rings. The molecule has 0 aliphatic heterocycles. The van der Waals surface area contributed by atoms with Crippen molar-refractivity contribution in [1.29, 1.82) is 5.26 Å². The second-order valence-electron chi connectivity index (χ2n) is 4.46. The minimum Gasteiger partial charge on any atom is -0.319 e. The van der Waals surface area contributed by atoms with Crippen molar-refractivity contribution in [3.05, 3.63) is 30.1 Å². The molecule has 2 amide bonds. The number of amides is 2. The van der Waals surface area contributed by atoms with Crippen LogP contribution < -0.4 is 10.6 Å². The van der Waals surface area contributed by atoms with Crippen LogP contribution in [0, 0.1) is 17.1 Å². The lowest BCUT2D eigenvalue weighted by molar-refractivity contribution is 0.244. The van der Waals surface area contributed by atoms with E-state index >= 15 is 0 Å². The van der Waals surface area contributed by atoms with Crippen molar-refractivity contribution < 1.29 is 9.18 Å². The van der Waals surface area contributed by atoms with Gasteiger partial charge in [0.25, 0.3) is 0 Å². The predicted molar refractivity (Wildman–Crippen MR) is 65.4 cm³/mol. The zero-order valence-electron chi connectivity index (χ0n) is 9.87. The molecule has 2 N–H and O–H groups in total. The molecule has 0 aromatic heterocycles. The van der Waals surface area contributed by atoms with Crippen LogP contribution in [0.3, 0.4) is 0 Å². The highest BCUT2D eigenvalue weighted by molar-refractivity contribution is 5.90. The Labute approximate surface area is 105 Å². The molecule has 0 spiro atoms. The van der Waals surface area contributed by atoms with Crippen LogP contribution >= 0.6 is 0 Å². The Morgan fingerprint density at radius 3 is 2.61 bits per heavy atom. The SMILES string of the molecule is N#CC1(NC(=O)Nc2ccccc2F)CCCC1. The average Bonchev–Trinajstić information content (AvgIpc) is 2.81. The lowest BCUT2D eigenvalue weighted by atomic mass is 10.0. The number of rotatable bonds is 2. The molecule has 94 valence electrons. The summed E-state index contributed by atoms with van der Waals surface area (Å²) in [6.45, 7) is 0. The van der Waals surface area contributed by atoms with Crippen molar-refractivity contribution in [1.82, 2.24) is 5.32 Å². The number of nitrogens with zero attached hydrogens (tertiary/aromatic N) is 1. The molecule has 1 aromatic carbocycles. The molecule has 18 heavy (non-hydrogen) atoms. The number of carbonyl (C=O) groups is 1. The maximum absolute atomic E-state index is 13.3. The van der Waals surface area contributed by atoms with Gasteiger partial charge in [-0.05, 0) is 37.8 Å². The third-order valence-corrected chi connectivity index (χ3v) is 3.15. The fourth-order valence-corrected chi connectivity index (χ4v) is 2.18. The largest absolute Gasteiger partial charge is 0.320 e. The first-order valence-corrected chi connectivity index (χ1v) is 5.90. The van der Waals surface area contributed by atoms with E-state index in [1.54, 1.807) is 12.1 Å². The molecule has 2 rings (SSSR count). The van der Waals surface area contributed by atoms with Crippen molar-refractivity contribution in [2.24, 2.45) is 0 Å². The molecule has 1 aliphatic carbocycles. The fraction of sp³-hybridized carbons (Fsp3) is 0.385. The number of halogens is 1. The van der Waals surface area contributed by atoms with Crippen molar-refractivity contribution in [2.75, 3.05) is 5.32 Å². The van der Waals surface area contributed by atoms with Crippen LogP contribution in [-0.4, -0.2) is 11.6 Å². The summed E-state index contributed by atoms with van der Waals surface area (Å²) in [5.74, 6) is -0.495. The minimum atomic E-state index is -0.796. The number of hydrogen-bond acceptors (Lipinski definition) is 2. The van der Waals surface area contributed by atoms with Crippen molar-refractivity contribution in [3.8, 4) is 6.07 Å². The maximum atomic E-state index is 13.3. The number of para-hydroxylation sites is 1. The Bertz CT molecular complexity index is 489. The van der Waals surface area contributed by atoms with Crippen LogP contribution in [0.15, 0.2) is 24.3 Å². The van der Waals surface area contributed by atoms with Gasteiger partial charge in [-0.1, -0.05) is 12.1 Å². The van der Waals surface area contributed by atoms with Gasteiger partial charge in [0, 0.05) is 0 Å². The van der Waals surface area contributed by atoms with E-state index in [1.165, 1.54) is 12.1 Å². The highest BCUT2D eigenvalue weighted by Crippen LogP contribution is 2.29. The monoisotopic (exact) mass is 247 g/mol. The number of nitrogens with one attached hydrogen (secondary N) is 2. The molecular formula is C13H14FN3O. The summed E-state index contributed by atoms with van der Waals surface area (Å²) in [6, 6.07) is 7.53. The third-order valence-electron chi connectivity index (χ3n) is 3.15. The van der Waals surface area contributed by atoms with Crippen LogP contribution in [0.1, 0.15) is 25.7 Å². The van der Waals surface area contributed by atoms with Crippen molar-refractivity contribution >= 4 is 11.7 Å². The van der Waals surface area contributed by atoms with E-state index in [1.807, 2.05) is 0 Å². The van der Waals surface area contributed by atoms with Gasteiger partial charge >= 0.3 is 6.03 Å². The first kappa shape index (κ1) is 12.4. The van der Waals surface area contributed by atoms with E-state index in [2.05, 4.69) is 16.7 Å². The van der Waals surface area contributed by atoms with E-state index in [0.29, 0.717) is 12.8 Å². The topological polar surface area (TPSA) is 64.9 Å². The Morgan fingerprint density at radius 2 is 2.00 bits per heavy atom. The van der Waals surface area contributed by atoms with Crippen molar-refractivity contribution in [2.45, 2.75) is 31.2 Å². The van der Waals surface area contributed by atoms with Gasteiger partial charge in [-0.2, -0.15) is 5.26 Å². The summed E-state index contributed by atoms with van der Waals surface area (Å²) in [7, 11) is 0. The van der Waals surface area contributed by atoms with Crippen LogP contribution in [0.25, 0.3) is 0 Å². The summed E-state index contributed by atoms with van der Waals surface area (Å²) < 4.78 is 13.3. The van der Waals surface area contributed by atoms with Gasteiger partial charge < -0.3 is 10.6 Å². The Morgan fingerprint density at radius 1 is 1.33 bits per heavy atom. The average molecular weight is 247 g/mol. The Balaban J connectivity index is 2.01. The summed E-state index contributed by atoms with van der Waals surface area (Å²) in [4.78, 5) is 11.7. The van der Waals surface area contributed by atoms with Gasteiger partial charge in [0.05, 0.1) is 11.8 Å². The van der Waals surface area contributed by atoms with Crippen molar-refractivity contribution in [3.63, 3.8) is 0 Å². The van der Waals surface area contributed by atoms with Gasteiger partial charge in [0.15, 0.2) is 0 Å². The molecule has 1 fully saturated rings. The fourth-order valence-electron chi connectivity index (χ4n) is 2.18. The molecule has 1 aromatic rings. The van der Waals surface area contributed by atoms with E-state index in [0.717, 1.165) is 12.8 Å². The van der Waals surface area contributed by atoms with Gasteiger partial charge in [0.2, 0.25) is 0 Å². The second-order valence-corrected chi connectivity index (χ2v) is 4.46. The molecule has 0 bridgehead atoms. The van der Waals surface area contributed by atoms with E-state index in [4.69, 9.17) is 5.26 Å². The third kappa shape index (κ3) is 2.59. The van der Waals surface area contributed by atoms with Gasteiger partial charge in [0.1, 0.15) is 11.4 Å². The first-order valence-electron chi connectivity index (χ1n) is 5.90. The predicted octanol–water partition coefficient (Wildman–Crippen LogP) is 2.78. The number of hydrogen-bond donors (Lipinski definition) is 2. The standard InChI is InChI=1S/C13H14FN3O/c14-10-5-1-2-6-11(10)16-12(18)17-13(9-15)7-3-4-8-13/h1-2,5-6H,3-4,7-8H2,(H2,16,17,18). The highest BCUT2D eigenvalue weighted by atomic mass is 19.1. The van der Waals surface area contributed by atoms with Gasteiger partial charge in [-0.25, -0.2) is 9.18 Å². The molecule has 1 saturated carbocycles. The molecule has 0 heterocycles. The number of nitriles is 1. The number of benzene rings is 1. The molecule has 5 heteroatoms. The van der Waals surface area contributed by atoms with Crippen LogP contribution in [-0.2, 0) is 0 Å². The molecular weight excluding hydrogens is 233 g/mol. The number of urea groups is 1. The molecule has 0 saturated heterocycles. The summed E-state index contributed by atoms with van der Waals surface area (Å²) in [5, 5.41) is 14.2. The van der Waals surface area contributed by atoms with E-state index in [9.17, 15) is 9.18 Å². The van der Waals surface area contributed by atoms with E-state index in [-0.39, 0.29) is 5.69 Å². The maximum Gasteiger partial charge on any atom is 0.320 e. The normalized spacial score (nSPS) is 16.9. The Kier molecular flexibility index (Phi) is 3.47. The zero-order chi connectivity index (χ0) is 13.0. The number of carbonyl (C=O) groups excluding carboxylic acids is 1. The minimum absolute atomic E-state index is 0.112. The van der Waals surface area contributed by atoms with Gasteiger partial charge in [-0.15, -0.1) is 0 Å². The molecule has 0 radical (unpaired) electrons. The van der Waals surface area contributed by atoms with E-state index < -0.39 is 17.4 Å². The first-order chi connectivity index (χ1) is 8.65. The van der Waals surface area contributed by atoms with Gasteiger partial charge in [-0.3, -0.25) is 0 Å².